The number of anilines is 1. The van der Waals surface area contributed by atoms with Crippen molar-refractivity contribution in [2.45, 2.75) is 18.9 Å². The fourth-order valence-electron chi connectivity index (χ4n) is 3.30. The third-order valence-electron chi connectivity index (χ3n) is 4.27. The minimum Gasteiger partial charge on any atom is -0.486 e. The van der Waals surface area contributed by atoms with Gasteiger partial charge in [0.1, 0.15) is 18.7 Å². The predicted molar refractivity (Wildman–Crippen MR) is 89.5 cm³/mol. The molecule has 2 aliphatic rings. The Hall–Kier alpha value is -2.19. The molecule has 1 atom stereocenters. The zero-order valence-electron chi connectivity index (χ0n) is 13.1. The predicted octanol–water partition coefficient (Wildman–Crippen LogP) is 2.08. The lowest BCUT2D eigenvalue weighted by atomic mass is 10.0. The molecule has 4 rings (SSSR count). The third-order valence-corrected chi connectivity index (χ3v) is 4.88. The standard InChI is InChI=1S/C16H18N4O3S/c21-14(18-16-19-17-10-24-16)9-20-6-2-4-12(20)11-3-1-5-13-15(11)23-8-7-22-13/h1,3,5,10,12H,2,4,6-9H2,(H,18,19,21)/t12-/m1/s1. The van der Waals surface area contributed by atoms with Gasteiger partial charge in [-0.15, -0.1) is 10.2 Å². The molecule has 126 valence electrons. The molecule has 0 spiro atoms. The number of likely N-dealkylation sites (tertiary alicyclic amines) is 1. The maximum absolute atomic E-state index is 12.3. The second-order valence-electron chi connectivity index (χ2n) is 5.79. The van der Waals surface area contributed by atoms with Crippen molar-refractivity contribution in [3.05, 3.63) is 29.3 Å². The summed E-state index contributed by atoms with van der Waals surface area (Å²) in [6.45, 7) is 2.36. The summed E-state index contributed by atoms with van der Waals surface area (Å²) in [4.78, 5) is 14.4. The SMILES string of the molecule is O=C(CN1CCC[C@@H]1c1cccc2c1OCCO2)Nc1nncs1. The lowest BCUT2D eigenvalue weighted by molar-refractivity contribution is -0.117. The molecule has 1 N–H and O–H groups in total. The molecule has 3 heterocycles. The molecule has 2 aromatic rings. The zero-order chi connectivity index (χ0) is 16.4. The van der Waals surface area contributed by atoms with Crippen molar-refractivity contribution in [2.75, 3.05) is 31.6 Å². The van der Waals surface area contributed by atoms with Crippen LogP contribution >= 0.6 is 11.3 Å². The number of nitrogens with one attached hydrogen (secondary N) is 1. The van der Waals surface area contributed by atoms with Gasteiger partial charge in [0.05, 0.1) is 6.54 Å². The van der Waals surface area contributed by atoms with Gasteiger partial charge in [-0.3, -0.25) is 15.0 Å². The minimum atomic E-state index is -0.0689. The Balaban J connectivity index is 1.50. The van der Waals surface area contributed by atoms with Crippen LogP contribution in [0.1, 0.15) is 24.4 Å². The van der Waals surface area contributed by atoms with Crippen LogP contribution in [0.2, 0.25) is 0 Å². The highest BCUT2D eigenvalue weighted by atomic mass is 32.1. The number of amides is 1. The first-order valence-electron chi connectivity index (χ1n) is 8.00. The van der Waals surface area contributed by atoms with Crippen LogP contribution in [-0.4, -0.2) is 47.3 Å². The maximum atomic E-state index is 12.3. The van der Waals surface area contributed by atoms with E-state index >= 15 is 0 Å². The largest absolute Gasteiger partial charge is 0.486 e. The van der Waals surface area contributed by atoms with Gasteiger partial charge >= 0.3 is 0 Å². The Kier molecular flexibility index (Phi) is 4.31. The second kappa shape index (κ2) is 6.74. The average Bonchev–Trinajstić information content (AvgIpc) is 3.26. The second-order valence-corrected chi connectivity index (χ2v) is 6.63. The molecule has 1 aromatic carbocycles. The van der Waals surface area contributed by atoms with E-state index in [-0.39, 0.29) is 11.9 Å². The van der Waals surface area contributed by atoms with Gasteiger partial charge in [0, 0.05) is 11.6 Å². The first-order valence-corrected chi connectivity index (χ1v) is 8.88. The number of carbonyl (C=O) groups is 1. The number of aromatic nitrogens is 2. The van der Waals surface area contributed by atoms with Gasteiger partial charge in [-0.05, 0) is 25.5 Å². The molecule has 0 aliphatic carbocycles. The van der Waals surface area contributed by atoms with E-state index in [0.717, 1.165) is 36.4 Å². The summed E-state index contributed by atoms with van der Waals surface area (Å²) in [6, 6.07) is 6.15. The normalized spacial score (nSPS) is 20.1. The lowest BCUT2D eigenvalue weighted by Gasteiger charge is -2.28. The van der Waals surface area contributed by atoms with E-state index in [1.54, 1.807) is 5.51 Å². The highest BCUT2D eigenvalue weighted by molar-refractivity contribution is 7.13. The number of hydrogen-bond donors (Lipinski definition) is 1. The number of benzene rings is 1. The van der Waals surface area contributed by atoms with Crippen molar-refractivity contribution in [3.8, 4) is 11.5 Å². The lowest BCUT2D eigenvalue weighted by Crippen LogP contribution is -2.33. The quantitative estimate of drug-likeness (QED) is 0.913. The van der Waals surface area contributed by atoms with E-state index in [1.165, 1.54) is 11.3 Å². The summed E-state index contributed by atoms with van der Waals surface area (Å²) < 4.78 is 11.5. The van der Waals surface area contributed by atoms with Crippen molar-refractivity contribution >= 4 is 22.4 Å². The van der Waals surface area contributed by atoms with Crippen LogP contribution in [-0.2, 0) is 4.79 Å². The molecule has 7 nitrogen and oxygen atoms in total. The monoisotopic (exact) mass is 346 g/mol. The Morgan fingerprint density at radius 1 is 1.38 bits per heavy atom. The van der Waals surface area contributed by atoms with Gasteiger partial charge in [0.25, 0.3) is 0 Å². The zero-order valence-corrected chi connectivity index (χ0v) is 13.9. The van der Waals surface area contributed by atoms with Crippen LogP contribution in [0.25, 0.3) is 0 Å². The van der Waals surface area contributed by atoms with Gasteiger partial charge < -0.3 is 9.47 Å². The Labute approximate surface area is 143 Å². The smallest absolute Gasteiger partial charge is 0.240 e. The summed E-state index contributed by atoms with van der Waals surface area (Å²) in [5.74, 6) is 1.55. The van der Waals surface area contributed by atoms with Crippen LogP contribution in [0, 0.1) is 0 Å². The van der Waals surface area contributed by atoms with Crippen LogP contribution in [0.4, 0.5) is 5.13 Å². The van der Waals surface area contributed by atoms with Crippen LogP contribution < -0.4 is 14.8 Å². The van der Waals surface area contributed by atoms with Crippen LogP contribution in [0.3, 0.4) is 0 Å². The van der Waals surface area contributed by atoms with Gasteiger partial charge in [0.15, 0.2) is 11.5 Å². The molecule has 0 bridgehead atoms. The number of carbonyl (C=O) groups excluding carboxylic acids is 1. The van der Waals surface area contributed by atoms with E-state index < -0.39 is 0 Å². The average molecular weight is 346 g/mol. The molecular weight excluding hydrogens is 328 g/mol. The van der Waals surface area contributed by atoms with E-state index in [9.17, 15) is 4.79 Å². The molecule has 1 fully saturated rings. The van der Waals surface area contributed by atoms with Crippen molar-refractivity contribution in [1.29, 1.82) is 0 Å². The highest BCUT2D eigenvalue weighted by Crippen LogP contribution is 2.42. The summed E-state index contributed by atoms with van der Waals surface area (Å²) in [5.41, 5.74) is 2.70. The van der Waals surface area contributed by atoms with Crippen molar-refractivity contribution in [1.82, 2.24) is 15.1 Å². The molecule has 0 radical (unpaired) electrons. The van der Waals surface area contributed by atoms with Crippen LogP contribution in [0.5, 0.6) is 11.5 Å². The van der Waals surface area contributed by atoms with Gasteiger partial charge in [-0.1, -0.05) is 23.5 Å². The van der Waals surface area contributed by atoms with E-state index in [4.69, 9.17) is 9.47 Å². The Morgan fingerprint density at radius 2 is 2.29 bits per heavy atom. The number of nitrogens with zero attached hydrogens (tertiary/aromatic N) is 3. The molecule has 8 heteroatoms. The van der Waals surface area contributed by atoms with Gasteiger partial charge in [-0.25, -0.2) is 0 Å². The number of ether oxygens (including phenoxy) is 2. The number of para-hydroxylation sites is 1. The Bertz CT molecular complexity index is 722. The highest BCUT2D eigenvalue weighted by Gasteiger charge is 2.31. The first-order chi connectivity index (χ1) is 11.8. The van der Waals surface area contributed by atoms with E-state index in [1.807, 2.05) is 12.1 Å². The number of rotatable bonds is 4. The number of fused-ring (bicyclic) bond motifs is 1. The fourth-order valence-corrected chi connectivity index (χ4v) is 3.76. The summed E-state index contributed by atoms with van der Waals surface area (Å²) in [5, 5.41) is 10.9. The van der Waals surface area contributed by atoms with Gasteiger partial charge in [-0.2, -0.15) is 0 Å². The fraction of sp³-hybridized carbons (Fsp3) is 0.438. The first kappa shape index (κ1) is 15.3. The molecule has 0 unspecified atom stereocenters. The topological polar surface area (TPSA) is 76.6 Å². The van der Waals surface area contributed by atoms with E-state index in [0.29, 0.717) is 24.9 Å². The number of hydrogen-bond acceptors (Lipinski definition) is 7. The van der Waals surface area contributed by atoms with Crippen molar-refractivity contribution < 1.29 is 14.3 Å². The van der Waals surface area contributed by atoms with Crippen LogP contribution in [0.15, 0.2) is 23.7 Å². The van der Waals surface area contributed by atoms with Crippen molar-refractivity contribution in [3.63, 3.8) is 0 Å². The summed E-state index contributed by atoms with van der Waals surface area (Å²) in [6.07, 6.45) is 2.06. The molecule has 1 amide bonds. The van der Waals surface area contributed by atoms with E-state index in [2.05, 4.69) is 26.5 Å². The van der Waals surface area contributed by atoms with Crippen molar-refractivity contribution in [2.24, 2.45) is 0 Å². The maximum Gasteiger partial charge on any atom is 0.240 e. The molecule has 1 saturated heterocycles. The summed E-state index contributed by atoms with van der Waals surface area (Å²) in [7, 11) is 0. The third kappa shape index (κ3) is 3.07. The van der Waals surface area contributed by atoms with Gasteiger partial charge in [0.2, 0.25) is 11.0 Å². The summed E-state index contributed by atoms with van der Waals surface area (Å²) >= 11 is 1.32. The Morgan fingerprint density at radius 3 is 3.17 bits per heavy atom. The molecule has 2 aliphatic heterocycles. The molecule has 1 aromatic heterocycles. The minimum absolute atomic E-state index is 0.0689. The molecular formula is C16H18N4O3S. The molecule has 24 heavy (non-hydrogen) atoms. The molecule has 0 saturated carbocycles.